The molecule has 30 heavy (non-hydrogen) atoms. The number of hydrogen-bond acceptors (Lipinski definition) is 6. The fourth-order valence-corrected chi connectivity index (χ4v) is 2.89. The maximum atomic E-state index is 12.3. The minimum absolute atomic E-state index is 0.0191. The number of anilines is 2. The van der Waals surface area contributed by atoms with E-state index >= 15 is 0 Å². The second-order valence-electron chi connectivity index (χ2n) is 7.61. The number of carbonyl (C=O) groups is 2. The Balaban J connectivity index is 1.69. The second-order valence-corrected chi connectivity index (χ2v) is 7.97. The normalized spacial score (nSPS) is 11.2. The van der Waals surface area contributed by atoms with Crippen LogP contribution in [-0.4, -0.2) is 66.5 Å². The monoisotopic (exact) mass is 434 g/mol. The molecule has 0 unspecified atom stereocenters. The number of likely N-dealkylation sites (N-methyl/N-ethyl adjacent to an activating group) is 1. The molecule has 2 rings (SSSR count). The van der Waals surface area contributed by atoms with E-state index in [1.54, 1.807) is 0 Å². The summed E-state index contributed by atoms with van der Waals surface area (Å²) < 4.78 is 0.614. The van der Waals surface area contributed by atoms with E-state index in [1.165, 1.54) is 0 Å². The van der Waals surface area contributed by atoms with E-state index in [4.69, 9.17) is 23.1 Å². The van der Waals surface area contributed by atoms with Gasteiger partial charge in [0.05, 0.1) is 40.3 Å². The SMILES string of the molecule is C[N+](C)(CCNC(=O)CCc1ccccc1)CCNC(=O)c1nc(Cl)c(N)nc1N. The quantitative estimate of drug-likeness (QED) is 0.409. The van der Waals surface area contributed by atoms with Gasteiger partial charge in [-0.1, -0.05) is 41.9 Å². The van der Waals surface area contributed by atoms with Gasteiger partial charge in [-0.25, -0.2) is 9.97 Å². The Morgan fingerprint density at radius 1 is 1.00 bits per heavy atom. The van der Waals surface area contributed by atoms with Crippen molar-refractivity contribution >= 4 is 35.1 Å². The molecule has 10 heteroatoms. The summed E-state index contributed by atoms with van der Waals surface area (Å²) in [6.07, 6.45) is 1.18. The van der Waals surface area contributed by atoms with Gasteiger partial charge in [-0.3, -0.25) is 9.59 Å². The number of halogens is 1. The van der Waals surface area contributed by atoms with Crippen LogP contribution in [0.25, 0.3) is 0 Å². The second kappa shape index (κ2) is 10.7. The van der Waals surface area contributed by atoms with E-state index in [0.717, 1.165) is 18.5 Å². The molecule has 2 aromatic rings. The third kappa shape index (κ3) is 7.49. The molecule has 1 aromatic carbocycles. The third-order valence-corrected chi connectivity index (χ3v) is 4.92. The number of benzene rings is 1. The summed E-state index contributed by atoms with van der Waals surface area (Å²) in [5, 5.41) is 5.64. The molecule has 0 aliphatic carbocycles. The van der Waals surface area contributed by atoms with Crippen LogP contribution in [0.5, 0.6) is 0 Å². The van der Waals surface area contributed by atoms with Gasteiger partial charge >= 0.3 is 0 Å². The van der Waals surface area contributed by atoms with E-state index in [1.807, 2.05) is 44.4 Å². The minimum atomic E-state index is -0.462. The fourth-order valence-electron chi connectivity index (χ4n) is 2.77. The number of rotatable bonds is 10. The van der Waals surface area contributed by atoms with Gasteiger partial charge in [0, 0.05) is 6.42 Å². The first kappa shape index (κ1) is 23.4. The van der Waals surface area contributed by atoms with Gasteiger partial charge < -0.3 is 26.6 Å². The standard InChI is InChI=1S/C20H28ClN7O2/c1-28(2,12-10-24-15(29)9-8-14-6-4-3-5-7-14)13-11-25-20(30)16-18(22)27-19(23)17(21)26-16/h3-7H,8-13H2,1-2H3,(H5-,22,23,24,25,27,29,30)/p+1. The summed E-state index contributed by atoms with van der Waals surface area (Å²) in [6, 6.07) is 9.92. The lowest BCUT2D eigenvalue weighted by Gasteiger charge is -2.30. The van der Waals surface area contributed by atoms with Gasteiger partial charge in [0.15, 0.2) is 22.5 Å². The molecule has 1 aromatic heterocycles. The number of hydrogen-bond donors (Lipinski definition) is 4. The Labute approximate surface area is 181 Å². The highest BCUT2D eigenvalue weighted by atomic mass is 35.5. The molecule has 1 heterocycles. The average Bonchev–Trinajstić information content (AvgIpc) is 2.69. The lowest BCUT2D eigenvalue weighted by atomic mass is 10.1. The maximum Gasteiger partial charge on any atom is 0.273 e. The van der Waals surface area contributed by atoms with Crippen LogP contribution in [0.15, 0.2) is 30.3 Å². The maximum absolute atomic E-state index is 12.3. The molecule has 9 nitrogen and oxygen atoms in total. The molecule has 6 N–H and O–H groups in total. The number of nitrogens with two attached hydrogens (primary N) is 2. The van der Waals surface area contributed by atoms with Crippen LogP contribution >= 0.6 is 11.6 Å². The molecule has 0 aliphatic rings. The van der Waals surface area contributed by atoms with Crippen LogP contribution < -0.4 is 22.1 Å². The molecule has 0 fully saturated rings. The molecule has 0 bridgehead atoms. The van der Waals surface area contributed by atoms with Gasteiger partial charge in [-0.2, -0.15) is 0 Å². The van der Waals surface area contributed by atoms with Crippen molar-refractivity contribution in [2.75, 3.05) is 51.7 Å². The molecular formula is C20H29ClN7O2+. The summed E-state index contributed by atoms with van der Waals surface area (Å²) in [4.78, 5) is 32.0. The van der Waals surface area contributed by atoms with Crippen LogP contribution in [-0.2, 0) is 11.2 Å². The van der Waals surface area contributed by atoms with Crippen molar-refractivity contribution in [2.24, 2.45) is 0 Å². The zero-order chi connectivity index (χ0) is 22.1. The van der Waals surface area contributed by atoms with E-state index < -0.39 is 5.91 Å². The van der Waals surface area contributed by atoms with E-state index in [-0.39, 0.29) is 28.4 Å². The highest BCUT2D eigenvalue weighted by Gasteiger charge is 2.19. The topological polar surface area (TPSA) is 136 Å². The average molecular weight is 435 g/mol. The van der Waals surface area contributed by atoms with Gasteiger partial charge in [-0.15, -0.1) is 0 Å². The van der Waals surface area contributed by atoms with Gasteiger partial charge in [-0.05, 0) is 12.0 Å². The molecule has 0 atom stereocenters. The minimum Gasteiger partial charge on any atom is -0.382 e. The molecular weight excluding hydrogens is 406 g/mol. The van der Waals surface area contributed by atoms with Crippen molar-refractivity contribution in [3.05, 3.63) is 46.7 Å². The van der Waals surface area contributed by atoms with E-state index in [2.05, 4.69) is 20.6 Å². The van der Waals surface area contributed by atoms with Crippen molar-refractivity contribution in [1.29, 1.82) is 0 Å². The summed E-state index contributed by atoms with van der Waals surface area (Å²) in [6.45, 7) is 2.34. The highest BCUT2D eigenvalue weighted by molar-refractivity contribution is 6.31. The predicted molar refractivity (Wildman–Crippen MR) is 118 cm³/mol. The van der Waals surface area contributed by atoms with Gasteiger partial charge in [0.1, 0.15) is 0 Å². The van der Waals surface area contributed by atoms with Crippen molar-refractivity contribution in [2.45, 2.75) is 12.8 Å². The van der Waals surface area contributed by atoms with Crippen LogP contribution in [0.2, 0.25) is 5.15 Å². The molecule has 0 radical (unpaired) electrons. The number of aromatic nitrogens is 2. The number of aryl methyl sites for hydroxylation is 1. The van der Waals surface area contributed by atoms with Crippen molar-refractivity contribution in [3.63, 3.8) is 0 Å². The van der Waals surface area contributed by atoms with Crippen molar-refractivity contribution in [1.82, 2.24) is 20.6 Å². The van der Waals surface area contributed by atoms with Gasteiger partial charge in [0.2, 0.25) is 5.91 Å². The number of nitrogens with one attached hydrogen (secondary N) is 2. The lowest BCUT2D eigenvalue weighted by molar-refractivity contribution is -0.887. The Bertz CT molecular complexity index is 875. The lowest BCUT2D eigenvalue weighted by Crippen LogP contribution is -2.49. The first-order chi connectivity index (χ1) is 14.2. The summed E-state index contributed by atoms with van der Waals surface area (Å²) in [5.74, 6) is -0.520. The molecule has 0 spiro atoms. The van der Waals surface area contributed by atoms with Crippen LogP contribution in [0.3, 0.4) is 0 Å². The zero-order valence-corrected chi connectivity index (χ0v) is 18.1. The third-order valence-electron chi connectivity index (χ3n) is 4.65. The number of nitrogen functional groups attached to an aromatic ring is 2. The molecule has 162 valence electrons. The Kier molecular flexibility index (Phi) is 8.37. The number of quaternary nitrogens is 1. The van der Waals surface area contributed by atoms with Gasteiger partial charge in [0.25, 0.3) is 5.91 Å². The van der Waals surface area contributed by atoms with Crippen molar-refractivity contribution in [3.8, 4) is 0 Å². The van der Waals surface area contributed by atoms with E-state index in [9.17, 15) is 9.59 Å². The first-order valence-electron chi connectivity index (χ1n) is 9.67. The van der Waals surface area contributed by atoms with E-state index in [0.29, 0.717) is 30.5 Å². The summed E-state index contributed by atoms with van der Waals surface area (Å²) in [7, 11) is 4.05. The molecule has 0 aliphatic heterocycles. The largest absolute Gasteiger partial charge is 0.382 e. The van der Waals surface area contributed by atoms with Crippen LogP contribution in [0.1, 0.15) is 22.5 Å². The fraction of sp³-hybridized carbons (Fsp3) is 0.400. The molecule has 0 saturated carbocycles. The zero-order valence-electron chi connectivity index (χ0n) is 17.3. The number of carbonyl (C=O) groups excluding carboxylic acids is 2. The highest BCUT2D eigenvalue weighted by Crippen LogP contribution is 2.17. The van der Waals surface area contributed by atoms with Crippen LogP contribution in [0.4, 0.5) is 11.6 Å². The Morgan fingerprint density at radius 3 is 2.30 bits per heavy atom. The molecule has 2 amide bonds. The summed E-state index contributed by atoms with van der Waals surface area (Å²) >= 11 is 5.80. The Morgan fingerprint density at radius 2 is 1.63 bits per heavy atom. The van der Waals surface area contributed by atoms with Crippen LogP contribution in [0, 0.1) is 0 Å². The number of amides is 2. The number of nitrogens with zero attached hydrogens (tertiary/aromatic N) is 3. The predicted octanol–water partition coefficient (Wildman–Crippen LogP) is 0.850. The molecule has 0 saturated heterocycles. The Hall–Kier alpha value is -2.91. The summed E-state index contributed by atoms with van der Waals surface area (Å²) in [5.41, 5.74) is 12.3. The first-order valence-corrected chi connectivity index (χ1v) is 10.0. The smallest absolute Gasteiger partial charge is 0.273 e. The van der Waals surface area contributed by atoms with Crippen molar-refractivity contribution < 1.29 is 14.1 Å².